The van der Waals surface area contributed by atoms with Crippen molar-refractivity contribution < 1.29 is 19.7 Å². The van der Waals surface area contributed by atoms with Crippen molar-refractivity contribution in [3.05, 3.63) is 11.6 Å². The molecule has 1 aliphatic heterocycles. The van der Waals surface area contributed by atoms with Crippen molar-refractivity contribution in [3.63, 3.8) is 0 Å². The lowest BCUT2D eigenvalue weighted by Gasteiger charge is -2.54. The second-order valence-corrected chi connectivity index (χ2v) is 14.2. The van der Waals surface area contributed by atoms with E-state index in [2.05, 4.69) is 33.8 Å². The fourth-order valence-electron chi connectivity index (χ4n) is 8.81. The van der Waals surface area contributed by atoms with E-state index in [-0.39, 0.29) is 28.6 Å². The summed E-state index contributed by atoms with van der Waals surface area (Å²) in [5.41, 5.74) is -0.784. The molecule has 3 aliphatic carbocycles. The van der Waals surface area contributed by atoms with Crippen molar-refractivity contribution in [2.45, 2.75) is 136 Å². The van der Waals surface area contributed by atoms with Gasteiger partial charge < -0.3 is 14.9 Å². The Hall–Kier alpha value is -0.710. The average Bonchev–Trinajstić information content (AvgIpc) is 2.93. The van der Waals surface area contributed by atoms with Crippen LogP contribution in [0.3, 0.4) is 0 Å². The molecular weight excluding hydrogens is 424 g/mol. The van der Waals surface area contributed by atoms with E-state index >= 15 is 0 Å². The van der Waals surface area contributed by atoms with Crippen molar-refractivity contribution in [2.75, 3.05) is 0 Å². The van der Waals surface area contributed by atoms with Crippen LogP contribution in [-0.2, 0) is 9.53 Å². The van der Waals surface area contributed by atoms with Gasteiger partial charge in [-0.15, -0.1) is 0 Å². The van der Waals surface area contributed by atoms with Crippen LogP contribution in [0.15, 0.2) is 11.6 Å². The number of aliphatic hydroxyl groups is 2. The van der Waals surface area contributed by atoms with Crippen molar-refractivity contribution in [1.82, 2.24) is 0 Å². The summed E-state index contributed by atoms with van der Waals surface area (Å²) in [6, 6.07) is 0. The summed E-state index contributed by atoms with van der Waals surface area (Å²) in [4.78, 5) is 12.8. The van der Waals surface area contributed by atoms with Gasteiger partial charge in [0.05, 0.1) is 17.3 Å². The molecule has 4 rings (SSSR count). The van der Waals surface area contributed by atoms with Gasteiger partial charge in [0.25, 0.3) is 0 Å². The fraction of sp³-hybridized carbons (Fsp3) is 0.900. The van der Waals surface area contributed by atoms with Gasteiger partial charge in [0.15, 0.2) is 5.78 Å². The number of carbonyl (C=O) groups is 1. The zero-order valence-corrected chi connectivity index (χ0v) is 23.0. The summed E-state index contributed by atoms with van der Waals surface area (Å²) in [5, 5.41) is 22.7. The molecule has 0 bridgehead atoms. The molecule has 2 N–H and O–H groups in total. The number of hydrogen-bond donors (Lipinski definition) is 2. The highest BCUT2D eigenvalue weighted by Gasteiger charge is 2.57. The molecule has 0 radical (unpaired) electrons. The van der Waals surface area contributed by atoms with Crippen LogP contribution in [0.2, 0.25) is 0 Å². The van der Waals surface area contributed by atoms with Gasteiger partial charge in [0.1, 0.15) is 5.60 Å². The molecular formula is C30H50O4. The number of ether oxygens (including phenoxy) is 1. The molecule has 0 aromatic carbocycles. The van der Waals surface area contributed by atoms with Crippen LogP contribution in [0.4, 0.5) is 0 Å². The predicted molar refractivity (Wildman–Crippen MR) is 136 cm³/mol. The van der Waals surface area contributed by atoms with E-state index in [0.29, 0.717) is 30.6 Å². The van der Waals surface area contributed by atoms with E-state index in [1.54, 1.807) is 0 Å². The first-order chi connectivity index (χ1) is 15.5. The summed E-state index contributed by atoms with van der Waals surface area (Å²) in [7, 11) is 0. The quantitative estimate of drug-likeness (QED) is 0.466. The Morgan fingerprint density at radius 3 is 2.21 bits per heavy atom. The highest BCUT2D eigenvalue weighted by molar-refractivity contribution is 5.86. The van der Waals surface area contributed by atoms with Crippen LogP contribution < -0.4 is 0 Å². The van der Waals surface area contributed by atoms with E-state index in [9.17, 15) is 15.0 Å². The lowest BCUT2D eigenvalue weighted by atomic mass is 9.56. The summed E-state index contributed by atoms with van der Waals surface area (Å²) in [6.07, 6.45) is 10.2. The Labute approximate surface area is 207 Å². The second kappa shape index (κ2) is 8.42. The Balaban J connectivity index is 1.67. The third-order valence-corrected chi connectivity index (χ3v) is 11.1. The number of rotatable bonds is 2. The molecule has 194 valence electrons. The largest absolute Gasteiger partial charge is 0.390 e. The monoisotopic (exact) mass is 474 g/mol. The normalized spacial score (nSPS) is 49.8. The maximum absolute atomic E-state index is 12.8. The Kier molecular flexibility index (Phi) is 6.52. The van der Waals surface area contributed by atoms with Gasteiger partial charge in [-0.3, -0.25) is 4.79 Å². The van der Waals surface area contributed by atoms with Crippen molar-refractivity contribution in [2.24, 2.45) is 34.5 Å². The van der Waals surface area contributed by atoms with Crippen LogP contribution in [-0.4, -0.2) is 38.9 Å². The average molecular weight is 475 g/mol. The minimum atomic E-state index is -0.777. The number of allylic oxidation sites excluding steroid dienone is 2. The Bertz CT molecular complexity index is 835. The van der Waals surface area contributed by atoms with E-state index in [0.717, 1.165) is 44.9 Å². The summed E-state index contributed by atoms with van der Waals surface area (Å²) in [5.74, 6) is 1.55. The third kappa shape index (κ3) is 4.24. The number of fused-ring (bicyclic) bond motifs is 2. The van der Waals surface area contributed by atoms with E-state index in [4.69, 9.17) is 4.74 Å². The number of hydrogen-bond acceptors (Lipinski definition) is 4. The molecule has 0 amide bonds. The molecule has 34 heavy (non-hydrogen) atoms. The van der Waals surface area contributed by atoms with Crippen LogP contribution >= 0.6 is 0 Å². The van der Waals surface area contributed by atoms with E-state index < -0.39 is 16.8 Å². The van der Waals surface area contributed by atoms with Gasteiger partial charge in [-0.25, -0.2) is 0 Å². The molecule has 3 saturated carbocycles. The standard InChI is InChI=1S/C30H50O4/c1-19-9-10-22-21(13-17-29(22,7)32)26(2,3)20(19)11-12-23-28(6)16-14-24(31)27(4,5)34-25(28)15-18-30(23,8)33/h11,19,21-23,25,32-33H,9-10,12-18H2,1-8H3. The topological polar surface area (TPSA) is 66.8 Å². The highest BCUT2D eigenvalue weighted by Crippen LogP contribution is 2.59. The number of Topliss-reactive ketones (excluding diaryl/α,β-unsaturated/α-hetero) is 1. The van der Waals surface area contributed by atoms with Gasteiger partial charge in [0, 0.05) is 11.8 Å². The van der Waals surface area contributed by atoms with Gasteiger partial charge in [0.2, 0.25) is 0 Å². The first kappa shape index (κ1) is 26.4. The highest BCUT2D eigenvalue weighted by atomic mass is 16.5. The molecule has 4 heteroatoms. The van der Waals surface area contributed by atoms with Crippen LogP contribution in [0.5, 0.6) is 0 Å². The molecule has 4 aliphatic rings. The van der Waals surface area contributed by atoms with Crippen LogP contribution in [0, 0.1) is 34.5 Å². The fourth-order valence-corrected chi connectivity index (χ4v) is 8.81. The zero-order valence-electron chi connectivity index (χ0n) is 23.0. The molecule has 4 fully saturated rings. The minimum Gasteiger partial charge on any atom is -0.390 e. The Morgan fingerprint density at radius 1 is 0.882 bits per heavy atom. The maximum Gasteiger partial charge on any atom is 0.164 e. The Morgan fingerprint density at radius 2 is 1.53 bits per heavy atom. The lowest BCUT2D eigenvalue weighted by molar-refractivity contribution is -0.193. The van der Waals surface area contributed by atoms with Gasteiger partial charge in [-0.2, -0.15) is 0 Å². The summed E-state index contributed by atoms with van der Waals surface area (Å²) in [6.45, 7) is 17.3. The zero-order chi connectivity index (χ0) is 25.3. The van der Waals surface area contributed by atoms with Crippen LogP contribution in [0.25, 0.3) is 0 Å². The van der Waals surface area contributed by atoms with Gasteiger partial charge >= 0.3 is 0 Å². The predicted octanol–water partition coefficient (Wildman–Crippen LogP) is 6.23. The molecule has 0 aromatic rings. The van der Waals surface area contributed by atoms with Crippen molar-refractivity contribution in [1.29, 1.82) is 0 Å². The van der Waals surface area contributed by atoms with Crippen molar-refractivity contribution in [3.8, 4) is 0 Å². The first-order valence-electron chi connectivity index (χ1n) is 13.9. The molecule has 0 aromatic heterocycles. The second-order valence-electron chi connectivity index (χ2n) is 14.2. The smallest absolute Gasteiger partial charge is 0.164 e. The summed E-state index contributed by atoms with van der Waals surface area (Å²) < 4.78 is 6.49. The maximum atomic E-state index is 12.8. The molecule has 8 unspecified atom stereocenters. The lowest BCUT2D eigenvalue weighted by Crippen LogP contribution is -2.56. The SMILES string of the molecule is CC1CCC2C(CCC2(C)O)C(C)(C)C1=CCC1C(C)(O)CCC2OC(C)(C)C(=O)CCC21C. The molecule has 1 heterocycles. The number of carbonyl (C=O) groups excluding carboxylic acids is 1. The third-order valence-electron chi connectivity index (χ3n) is 11.1. The number of ketones is 1. The van der Waals surface area contributed by atoms with E-state index in [1.807, 2.05) is 27.7 Å². The molecule has 1 saturated heterocycles. The van der Waals surface area contributed by atoms with Gasteiger partial charge in [-0.05, 0) is 108 Å². The molecule has 4 nitrogen and oxygen atoms in total. The molecule has 8 atom stereocenters. The van der Waals surface area contributed by atoms with Gasteiger partial charge in [-0.1, -0.05) is 39.3 Å². The van der Waals surface area contributed by atoms with Crippen LogP contribution in [0.1, 0.15) is 113 Å². The summed E-state index contributed by atoms with van der Waals surface area (Å²) >= 11 is 0. The first-order valence-corrected chi connectivity index (χ1v) is 13.9. The minimum absolute atomic E-state index is 0.00792. The molecule has 0 spiro atoms. The van der Waals surface area contributed by atoms with Crippen molar-refractivity contribution >= 4 is 5.78 Å². The van der Waals surface area contributed by atoms with E-state index in [1.165, 1.54) is 5.57 Å².